The largest absolute Gasteiger partial charge is 0.507 e. The van der Waals surface area contributed by atoms with Crippen LogP contribution in [0.1, 0.15) is 31.8 Å². The van der Waals surface area contributed by atoms with Gasteiger partial charge in [-0.15, -0.1) is 0 Å². The lowest BCUT2D eigenvalue weighted by Gasteiger charge is -2.09. The molecule has 0 spiro atoms. The van der Waals surface area contributed by atoms with Crippen LogP contribution >= 0.6 is 0 Å². The number of carboxylic acid groups (broad SMARTS) is 2. The number of carbonyl (C=O) groups excluding carboxylic acids is 2. The maximum absolute atomic E-state index is 12.1. The van der Waals surface area contributed by atoms with Crippen LogP contribution in [0.3, 0.4) is 0 Å². The number of amides is 2. The molecule has 0 aliphatic rings. The molecule has 4 rings (SSSR count). The summed E-state index contributed by atoms with van der Waals surface area (Å²) >= 11 is 0. The predicted molar refractivity (Wildman–Crippen MR) is 176 cm³/mol. The van der Waals surface area contributed by atoms with E-state index in [9.17, 15) is 41.1 Å². The maximum Gasteiger partial charge on any atom is 0.339 e. The number of aromatic carboxylic acids is 2. The molecule has 0 fully saturated rings. The van der Waals surface area contributed by atoms with E-state index in [2.05, 4.69) is 15.4 Å². The first kappa shape index (κ1) is 37.8. The van der Waals surface area contributed by atoms with E-state index in [1.165, 1.54) is 54.6 Å². The Kier molecular flexibility index (Phi) is 12.7. The molecule has 2 amide bonds. The van der Waals surface area contributed by atoms with Crippen LogP contribution in [0.25, 0.3) is 0 Å². The van der Waals surface area contributed by atoms with Gasteiger partial charge in [-0.1, -0.05) is 35.4 Å². The third-order valence-electron chi connectivity index (χ3n) is 6.34. The zero-order valence-electron chi connectivity index (χ0n) is 25.9. The fourth-order valence-electron chi connectivity index (χ4n) is 3.75. The molecule has 0 aromatic heterocycles. The van der Waals surface area contributed by atoms with Gasteiger partial charge in [0.1, 0.15) is 17.9 Å². The molecule has 6 N–H and O–H groups in total. The first-order chi connectivity index (χ1) is 23.0. The van der Waals surface area contributed by atoms with Crippen molar-refractivity contribution in [2.45, 2.75) is 23.6 Å². The third-order valence-corrected chi connectivity index (χ3v) is 9.03. The predicted octanol–water partition coefficient (Wildman–Crippen LogP) is 3.35. The van der Waals surface area contributed by atoms with Crippen LogP contribution in [-0.2, 0) is 33.9 Å². The highest BCUT2D eigenvalue weighted by molar-refractivity contribution is 7.89. The van der Waals surface area contributed by atoms with Crippen molar-refractivity contribution >= 4 is 55.3 Å². The molecule has 0 aliphatic heterocycles. The second-order valence-corrected chi connectivity index (χ2v) is 13.6. The number of nitrogens with one attached hydrogen (secondary N) is 3. The van der Waals surface area contributed by atoms with Crippen molar-refractivity contribution in [2.75, 3.05) is 23.8 Å². The van der Waals surface area contributed by atoms with Crippen LogP contribution in [0.5, 0.6) is 5.75 Å². The molecular weight excluding hydrogens is 682 g/mol. The van der Waals surface area contributed by atoms with Gasteiger partial charge in [-0.2, -0.15) is 8.42 Å². The Labute approximate surface area is 281 Å². The summed E-state index contributed by atoms with van der Waals surface area (Å²) in [6.45, 7) is 2.44. The topological polar surface area (TPSA) is 243 Å². The van der Waals surface area contributed by atoms with Gasteiger partial charge in [0.25, 0.3) is 16.0 Å². The van der Waals surface area contributed by atoms with E-state index >= 15 is 0 Å². The van der Waals surface area contributed by atoms with Crippen molar-refractivity contribution in [3.05, 3.63) is 113 Å². The molecule has 4 aromatic rings. The summed E-state index contributed by atoms with van der Waals surface area (Å²) in [5.74, 6) is -4.24. The van der Waals surface area contributed by atoms with Crippen molar-refractivity contribution < 1.29 is 55.5 Å². The summed E-state index contributed by atoms with van der Waals surface area (Å²) < 4.78 is 54.9. The van der Waals surface area contributed by atoms with Crippen LogP contribution in [0, 0.1) is 13.8 Å². The summed E-state index contributed by atoms with van der Waals surface area (Å²) in [6.07, 6.45) is 0. The van der Waals surface area contributed by atoms with Crippen LogP contribution < -0.4 is 15.4 Å². The minimum atomic E-state index is -4.02. The summed E-state index contributed by atoms with van der Waals surface area (Å²) in [4.78, 5) is 45.1. The molecule has 49 heavy (non-hydrogen) atoms. The molecule has 258 valence electrons. The van der Waals surface area contributed by atoms with E-state index in [-0.39, 0.29) is 26.6 Å². The fraction of sp³-hybridized carbons (Fsp3) is 0.125. The Bertz CT molecular complexity index is 2050. The highest BCUT2D eigenvalue weighted by Gasteiger charge is 2.18. The summed E-state index contributed by atoms with van der Waals surface area (Å²) in [5, 5.41) is 31.9. The molecule has 4 aromatic carbocycles. The number of sulfonamides is 1. The number of aryl methyl sites for hydroxylation is 2. The zero-order chi connectivity index (χ0) is 36.4. The second kappa shape index (κ2) is 16.5. The average molecular weight is 714 g/mol. The highest BCUT2D eigenvalue weighted by Crippen LogP contribution is 2.22. The van der Waals surface area contributed by atoms with Crippen molar-refractivity contribution in [3.8, 4) is 5.75 Å². The Balaban J connectivity index is 0.000000266. The minimum Gasteiger partial charge on any atom is -0.507 e. The number of phenols is 1. The van der Waals surface area contributed by atoms with Gasteiger partial charge >= 0.3 is 11.9 Å². The van der Waals surface area contributed by atoms with Crippen molar-refractivity contribution in [1.82, 2.24) is 4.72 Å². The van der Waals surface area contributed by atoms with Gasteiger partial charge in [-0.3, -0.25) is 13.8 Å². The number of hydrogen-bond acceptors (Lipinski definition) is 10. The van der Waals surface area contributed by atoms with Gasteiger partial charge in [0.15, 0.2) is 0 Å². The van der Waals surface area contributed by atoms with Crippen molar-refractivity contribution in [3.63, 3.8) is 0 Å². The summed E-state index contributed by atoms with van der Waals surface area (Å²) in [7, 11) is -7.85. The number of rotatable bonds is 12. The molecule has 0 radical (unpaired) electrons. The van der Waals surface area contributed by atoms with E-state index in [0.717, 1.165) is 23.3 Å². The maximum atomic E-state index is 12.1. The van der Waals surface area contributed by atoms with Gasteiger partial charge in [0, 0.05) is 17.4 Å². The van der Waals surface area contributed by atoms with Crippen LogP contribution in [0.2, 0.25) is 0 Å². The highest BCUT2D eigenvalue weighted by atomic mass is 32.2. The van der Waals surface area contributed by atoms with Gasteiger partial charge in [0.2, 0.25) is 15.9 Å². The lowest BCUT2D eigenvalue weighted by molar-refractivity contribution is -0.118. The van der Waals surface area contributed by atoms with E-state index in [0.29, 0.717) is 5.69 Å². The molecule has 17 heteroatoms. The molecule has 0 unspecified atom stereocenters. The van der Waals surface area contributed by atoms with Gasteiger partial charge in [0.05, 0.1) is 21.9 Å². The normalized spacial score (nSPS) is 11.1. The Morgan fingerprint density at radius 2 is 1.16 bits per heavy atom. The van der Waals surface area contributed by atoms with Gasteiger partial charge in [-0.25, -0.2) is 22.7 Å². The molecule has 0 atom stereocenters. The number of carbonyl (C=O) groups is 4. The minimum absolute atomic E-state index is 0.0355. The smallest absolute Gasteiger partial charge is 0.339 e. The van der Waals surface area contributed by atoms with Crippen LogP contribution in [-0.4, -0.2) is 69.1 Å². The standard InChI is InChI=1S/C16H16N2O6S.C16H15NO6S/c1-10-2-5-12(6-3-10)25(23,24)17-9-15(20)18-11-4-7-13(16(21)22)14(19)8-11;1-11-2-8-14(9-3-11)24(21,22)23-10-15(18)17-13-6-4-12(5-7-13)16(19)20/h2-8,17,19H,9H2,1H3,(H,18,20)(H,21,22);2-9H,10H2,1H3,(H,17,18)(H,19,20). The van der Waals surface area contributed by atoms with Crippen LogP contribution in [0.15, 0.2) is 101 Å². The SMILES string of the molecule is Cc1ccc(S(=O)(=O)NCC(=O)Nc2ccc(C(=O)O)c(O)c2)cc1.Cc1ccc(S(=O)(=O)OCC(=O)Nc2ccc(C(=O)O)cc2)cc1. The second-order valence-electron chi connectivity index (χ2n) is 10.2. The number of hydrogen-bond donors (Lipinski definition) is 6. The molecule has 0 saturated carbocycles. The lowest BCUT2D eigenvalue weighted by Crippen LogP contribution is -2.32. The first-order valence-electron chi connectivity index (χ1n) is 14.0. The van der Waals surface area contributed by atoms with E-state index in [1.807, 2.05) is 13.8 Å². The Morgan fingerprint density at radius 3 is 1.67 bits per heavy atom. The summed E-state index contributed by atoms with van der Waals surface area (Å²) in [6, 6.07) is 21.1. The zero-order valence-corrected chi connectivity index (χ0v) is 27.5. The molecule has 0 saturated heterocycles. The average Bonchev–Trinajstić information content (AvgIpc) is 3.04. The lowest BCUT2D eigenvalue weighted by atomic mass is 10.2. The quantitative estimate of drug-likeness (QED) is 0.116. The van der Waals surface area contributed by atoms with Gasteiger partial charge in [-0.05, 0) is 74.5 Å². The molecule has 0 heterocycles. The van der Waals surface area contributed by atoms with Crippen molar-refractivity contribution in [2.24, 2.45) is 0 Å². The monoisotopic (exact) mass is 713 g/mol. The Hall–Kier alpha value is -5.62. The molecule has 0 aliphatic carbocycles. The number of anilines is 2. The van der Waals surface area contributed by atoms with Crippen LogP contribution in [0.4, 0.5) is 11.4 Å². The number of benzene rings is 4. The van der Waals surface area contributed by atoms with E-state index in [1.54, 1.807) is 24.3 Å². The van der Waals surface area contributed by atoms with Crippen molar-refractivity contribution in [1.29, 1.82) is 0 Å². The Morgan fingerprint density at radius 1 is 0.653 bits per heavy atom. The number of carboxylic acids is 2. The third kappa shape index (κ3) is 11.5. The summed E-state index contributed by atoms with van der Waals surface area (Å²) in [5.41, 5.74) is 2.05. The first-order valence-corrected chi connectivity index (χ1v) is 16.9. The molecule has 0 bridgehead atoms. The van der Waals surface area contributed by atoms with Gasteiger partial charge < -0.3 is 26.0 Å². The molecular formula is C32H31N3O12S2. The number of aromatic hydroxyl groups is 1. The fourth-order valence-corrected chi connectivity index (χ4v) is 5.60. The molecule has 15 nitrogen and oxygen atoms in total. The van der Waals surface area contributed by atoms with E-state index in [4.69, 9.17) is 14.4 Å². The van der Waals surface area contributed by atoms with E-state index < -0.39 is 62.8 Å².